The van der Waals surface area contributed by atoms with Crippen LogP contribution in [0.4, 0.5) is 5.69 Å². The molecule has 0 bridgehead atoms. The molecule has 25 heavy (non-hydrogen) atoms. The number of benzene rings is 1. The summed E-state index contributed by atoms with van der Waals surface area (Å²) in [6, 6.07) is 10.6. The minimum absolute atomic E-state index is 0.00415. The second kappa shape index (κ2) is 7.55. The lowest BCUT2D eigenvalue weighted by Crippen LogP contribution is -2.31. The molecule has 0 unspecified atom stereocenters. The van der Waals surface area contributed by atoms with Crippen LogP contribution in [0.25, 0.3) is 0 Å². The molecular formula is C17H20N2O4S2. The van der Waals surface area contributed by atoms with E-state index in [1.807, 2.05) is 31.2 Å². The molecule has 1 aliphatic heterocycles. The number of rotatable bonds is 7. The number of carbonyl (C=O) groups excluding carboxylic acids is 1. The third kappa shape index (κ3) is 4.20. The van der Waals surface area contributed by atoms with E-state index in [9.17, 15) is 13.2 Å². The molecule has 1 N–H and O–H groups in total. The van der Waals surface area contributed by atoms with Crippen LogP contribution in [0.3, 0.4) is 0 Å². The van der Waals surface area contributed by atoms with Crippen LogP contribution in [-0.4, -0.2) is 34.0 Å². The molecule has 8 heteroatoms. The van der Waals surface area contributed by atoms with Gasteiger partial charge in [0.05, 0.1) is 6.61 Å². The molecule has 1 aromatic carbocycles. The average molecular weight is 380 g/mol. The van der Waals surface area contributed by atoms with Crippen LogP contribution in [0.15, 0.2) is 46.0 Å². The molecular weight excluding hydrogens is 360 g/mol. The van der Waals surface area contributed by atoms with Crippen LogP contribution in [0.2, 0.25) is 0 Å². The summed E-state index contributed by atoms with van der Waals surface area (Å²) in [5.41, 5.74) is 0.803. The first-order valence-corrected chi connectivity index (χ1v) is 10.4. The lowest BCUT2D eigenvalue weighted by molar-refractivity contribution is -0.117. The Morgan fingerprint density at radius 2 is 2.04 bits per heavy atom. The molecule has 6 nitrogen and oxygen atoms in total. The molecule has 0 spiro atoms. The van der Waals surface area contributed by atoms with E-state index in [-0.39, 0.29) is 18.4 Å². The average Bonchev–Trinajstić information content (AvgIpc) is 3.24. The first-order valence-electron chi connectivity index (χ1n) is 8.06. The van der Waals surface area contributed by atoms with Crippen molar-refractivity contribution in [3.05, 3.63) is 41.8 Å². The zero-order valence-corrected chi connectivity index (χ0v) is 15.5. The molecule has 1 aliphatic rings. The Hall–Kier alpha value is -1.90. The number of thiophene rings is 1. The summed E-state index contributed by atoms with van der Waals surface area (Å²) in [7, 11) is -3.49. The van der Waals surface area contributed by atoms with Gasteiger partial charge in [0.1, 0.15) is 9.96 Å². The number of sulfonamides is 1. The van der Waals surface area contributed by atoms with Crippen LogP contribution in [0.1, 0.15) is 13.3 Å². The van der Waals surface area contributed by atoms with E-state index in [0.717, 1.165) is 11.4 Å². The van der Waals surface area contributed by atoms with Crippen LogP contribution >= 0.6 is 11.3 Å². The zero-order valence-electron chi connectivity index (χ0n) is 13.8. The second-order valence-corrected chi connectivity index (χ2v) is 8.73. The van der Waals surface area contributed by atoms with Crippen molar-refractivity contribution in [1.82, 2.24) is 4.72 Å². The third-order valence-electron chi connectivity index (χ3n) is 3.99. The van der Waals surface area contributed by atoms with Gasteiger partial charge in [-0.1, -0.05) is 6.07 Å². The van der Waals surface area contributed by atoms with Gasteiger partial charge in [-0.05, 0) is 48.6 Å². The highest BCUT2D eigenvalue weighted by molar-refractivity contribution is 7.91. The largest absolute Gasteiger partial charge is 0.494 e. The van der Waals surface area contributed by atoms with Gasteiger partial charge in [-0.25, -0.2) is 13.1 Å². The number of anilines is 1. The zero-order chi connectivity index (χ0) is 17.9. The fourth-order valence-corrected chi connectivity index (χ4v) is 4.93. The molecule has 1 fully saturated rings. The maximum atomic E-state index is 12.3. The van der Waals surface area contributed by atoms with Crippen molar-refractivity contribution >= 4 is 33.0 Å². The summed E-state index contributed by atoms with van der Waals surface area (Å²) in [4.78, 5) is 14.0. The SMILES string of the molecule is CCOc1ccc(N2C[C@@H](CNS(=O)(=O)c3cccs3)CC2=O)cc1. The maximum absolute atomic E-state index is 12.3. The van der Waals surface area contributed by atoms with Gasteiger partial charge in [-0.3, -0.25) is 4.79 Å². The fourth-order valence-electron chi connectivity index (χ4n) is 2.77. The summed E-state index contributed by atoms with van der Waals surface area (Å²) in [6.07, 6.45) is 0.334. The van der Waals surface area contributed by atoms with Crippen molar-refractivity contribution in [2.45, 2.75) is 17.6 Å². The standard InChI is InChI=1S/C17H20N2O4S2/c1-2-23-15-7-5-14(6-8-15)19-12-13(10-16(19)20)11-18-25(21,22)17-4-3-9-24-17/h3-9,13,18H,2,10-12H2,1H3/t13-/m1/s1. The second-order valence-electron chi connectivity index (χ2n) is 5.79. The number of carbonyl (C=O) groups is 1. The molecule has 0 radical (unpaired) electrons. The normalized spacial score (nSPS) is 17.9. The lowest BCUT2D eigenvalue weighted by Gasteiger charge is -2.17. The van der Waals surface area contributed by atoms with Crippen LogP contribution in [0, 0.1) is 5.92 Å². The predicted octanol–water partition coefficient (Wildman–Crippen LogP) is 2.48. The molecule has 3 rings (SSSR count). The van der Waals surface area contributed by atoms with Crippen LogP contribution < -0.4 is 14.4 Å². The Bertz CT molecular complexity index is 817. The van der Waals surface area contributed by atoms with E-state index in [1.54, 1.807) is 22.4 Å². The molecule has 134 valence electrons. The summed E-state index contributed by atoms with van der Waals surface area (Å²) in [5, 5.41) is 1.72. The van der Waals surface area contributed by atoms with Crippen molar-refractivity contribution in [3.63, 3.8) is 0 Å². The number of nitrogens with one attached hydrogen (secondary N) is 1. The Morgan fingerprint density at radius 1 is 1.28 bits per heavy atom. The van der Waals surface area contributed by atoms with Crippen LogP contribution in [-0.2, 0) is 14.8 Å². The maximum Gasteiger partial charge on any atom is 0.250 e. The van der Waals surface area contributed by atoms with Crippen molar-refractivity contribution in [1.29, 1.82) is 0 Å². The number of hydrogen-bond donors (Lipinski definition) is 1. The summed E-state index contributed by atoms with van der Waals surface area (Å²) < 4.78 is 32.6. The van der Waals surface area contributed by atoms with Gasteiger partial charge in [0.15, 0.2) is 0 Å². The number of nitrogens with zero attached hydrogens (tertiary/aromatic N) is 1. The Balaban J connectivity index is 1.60. The van der Waals surface area contributed by atoms with E-state index in [0.29, 0.717) is 23.8 Å². The smallest absolute Gasteiger partial charge is 0.250 e. The molecule has 2 heterocycles. The Labute approximate surface area is 151 Å². The molecule has 1 atom stereocenters. The summed E-state index contributed by atoms with van der Waals surface area (Å²) in [5.74, 6) is 0.719. The highest BCUT2D eigenvalue weighted by Crippen LogP contribution is 2.27. The van der Waals surface area contributed by atoms with Gasteiger partial charge in [0, 0.05) is 25.2 Å². The summed E-state index contributed by atoms with van der Waals surface area (Å²) in [6.45, 7) is 3.26. The van der Waals surface area contributed by atoms with Gasteiger partial charge in [0.2, 0.25) is 15.9 Å². The Kier molecular flexibility index (Phi) is 5.41. The predicted molar refractivity (Wildman–Crippen MR) is 97.6 cm³/mol. The van der Waals surface area contributed by atoms with E-state index >= 15 is 0 Å². The third-order valence-corrected chi connectivity index (χ3v) is 6.81. The van der Waals surface area contributed by atoms with E-state index in [4.69, 9.17) is 4.74 Å². The van der Waals surface area contributed by atoms with Crippen molar-refractivity contribution in [3.8, 4) is 5.75 Å². The minimum atomic E-state index is -3.49. The monoisotopic (exact) mass is 380 g/mol. The van der Waals surface area contributed by atoms with Gasteiger partial charge < -0.3 is 9.64 Å². The topological polar surface area (TPSA) is 75.7 Å². The highest BCUT2D eigenvalue weighted by atomic mass is 32.2. The number of hydrogen-bond acceptors (Lipinski definition) is 5. The molecule has 0 aliphatic carbocycles. The fraction of sp³-hybridized carbons (Fsp3) is 0.353. The molecule has 1 saturated heterocycles. The highest BCUT2D eigenvalue weighted by Gasteiger charge is 2.31. The first-order chi connectivity index (χ1) is 12.0. The van der Waals surface area contributed by atoms with E-state index in [1.165, 1.54) is 11.3 Å². The first kappa shape index (κ1) is 17.9. The van der Waals surface area contributed by atoms with Gasteiger partial charge in [-0.15, -0.1) is 11.3 Å². The van der Waals surface area contributed by atoms with E-state index < -0.39 is 10.0 Å². The molecule has 1 aromatic heterocycles. The lowest BCUT2D eigenvalue weighted by atomic mass is 10.1. The quantitative estimate of drug-likeness (QED) is 0.801. The van der Waals surface area contributed by atoms with Crippen LogP contribution in [0.5, 0.6) is 5.75 Å². The van der Waals surface area contributed by atoms with Gasteiger partial charge in [-0.2, -0.15) is 0 Å². The molecule has 0 saturated carbocycles. The number of amides is 1. The van der Waals surface area contributed by atoms with Gasteiger partial charge >= 0.3 is 0 Å². The molecule has 1 amide bonds. The Morgan fingerprint density at radius 3 is 2.68 bits per heavy atom. The number of ether oxygens (including phenoxy) is 1. The van der Waals surface area contributed by atoms with Crippen molar-refractivity contribution in [2.75, 3.05) is 24.6 Å². The van der Waals surface area contributed by atoms with E-state index in [2.05, 4.69) is 4.72 Å². The van der Waals surface area contributed by atoms with Gasteiger partial charge in [0.25, 0.3) is 0 Å². The molecule has 2 aromatic rings. The minimum Gasteiger partial charge on any atom is -0.494 e. The summed E-state index contributed by atoms with van der Waals surface area (Å²) >= 11 is 1.18. The van der Waals surface area contributed by atoms with Crippen molar-refractivity contribution in [2.24, 2.45) is 5.92 Å². The van der Waals surface area contributed by atoms with Crippen molar-refractivity contribution < 1.29 is 17.9 Å².